The van der Waals surface area contributed by atoms with Gasteiger partial charge in [-0.05, 0) is 5.56 Å². The Kier molecular flexibility index (Phi) is 3.26. The van der Waals surface area contributed by atoms with Crippen LogP contribution in [0.1, 0.15) is 31.4 Å². The van der Waals surface area contributed by atoms with Gasteiger partial charge in [-0.2, -0.15) is 0 Å². The average Bonchev–Trinajstić information content (AvgIpc) is 2.03. The van der Waals surface area contributed by atoms with Gasteiger partial charge in [0.1, 0.15) is 0 Å². The van der Waals surface area contributed by atoms with E-state index in [-0.39, 0.29) is 10.6 Å². The van der Waals surface area contributed by atoms with Gasteiger partial charge < -0.3 is 0 Å². The Labute approximate surface area is 81.5 Å². The third-order valence-electron chi connectivity index (χ3n) is 1.80. The summed E-state index contributed by atoms with van der Waals surface area (Å²) in [4.78, 5) is 0. The molecule has 0 bridgehead atoms. The molecule has 0 amide bonds. The Morgan fingerprint density at radius 2 is 1.92 bits per heavy atom. The van der Waals surface area contributed by atoms with Crippen LogP contribution in [0.5, 0.6) is 0 Å². The summed E-state index contributed by atoms with van der Waals surface area (Å²) in [6, 6.07) is 4.68. The summed E-state index contributed by atoms with van der Waals surface area (Å²) in [6.45, 7) is 3.69. The van der Waals surface area contributed by atoms with Gasteiger partial charge >= 0.3 is 0 Å². The minimum atomic E-state index is -2.51. The van der Waals surface area contributed by atoms with Gasteiger partial charge in [-0.25, -0.2) is 8.78 Å². The van der Waals surface area contributed by atoms with Crippen molar-refractivity contribution in [3.05, 3.63) is 40.3 Å². The van der Waals surface area contributed by atoms with Gasteiger partial charge in [0.05, 0.1) is 5.02 Å². The molecule has 0 aliphatic rings. The fourth-order valence-electron chi connectivity index (χ4n) is 1.10. The van der Waals surface area contributed by atoms with E-state index in [2.05, 4.69) is 0 Å². The molecule has 1 rings (SSSR count). The van der Waals surface area contributed by atoms with Crippen LogP contribution in [0.4, 0.5) is 8.78 Å². The van der Waals surface area contributed by atoms with Crippen molar-refractivity contribution in [2.45, 2.75) is 20.3 Å². The fraction of sp³-hybridized carbons (Fsp3) is 0.300. The van der Waals surface area contributed by atoms with E-state index in [1.165, 1.54) is 6.07 Å². The Hall–Kier alpha value is -0.630. The van der Waals surface area contributed by atoms with Crippen LogP contribution >= 0.6 is 11.6 Å². The van der Waals surface area contributed by atoms with Crippen LogP contribution < -0.4 is 0 Å². The predicted molar refractivity (Wildman–Crippen MR) is 50.1 cm³/mol. The Bertz CT molecular complexity index is 269. The highest BCUT2D eigenvalue weighted by atomic mass is 35.5. The first-order valence-electron chi connectivity index (χ1n) is 3.91. The standard InChI is InChI=1S/C10H10ClF2/c1-6(2)7-4-3-5-8(9(7)11)10(12)13/h3-5,10H,1-2H3. The molecular weight excluding hydrogens is 194 g/mol. The SMILES string of the molecule is C[C](C)c1cccc(C(F)F)c1Cl. The van der Waals surface area contributed by atoms with Crippen molar-refractivity contribution in [3.8, 4) is 0 Å². The number of benzene rings is 1. The van der Waals surface area contributed by atoms with E-state index in [9.17, 15) is 8.78 Å². The topological polar surface area (TPSA) is 0 Å². The molecule has 0 nitrogen and oxygen atoms in total. The van der Waals surface area contributed by atoms with Gasteiger partial charge in [0, 0.05) is 11.5 Å². The summed E-state index contributed by atoms with van der Waals surface area (Å²) < 4.78 is 24.8. The van der Waals surface area contributed by atoms with Gasteiger partial charge in [-0.3, -0.25) is 0 Å². The molecule has 0 aromatic heterocycles. The lowest BCUT2D eigenvalue weighted by molar-refractivity contribution is 0.151. The summed E-state index contributed by atoms with van der Waals surface area (Å²) in [5.74, 6) is 0.938. The zero-order chi connectivity index (χ0) is 10.0. The molecule has 71 valence electrons. The highest BCUT2D eigenvalue weighted by Crippen LogP contribution is 2.32. The summed E-state index contributed by atoms with van der Waals surface area (Å²) >= 11 is 5.80. The molecule has 0 spiro atoms. The number of hydrogen-bond donors (Lipinski definition) is 0. The lowest BCUT2D eigenvalue weighted by Gasteiger charge is -2.10. The zero-order valence-electron chi connectivity index (χ0n) is 7.44. The Morgan fingerprint density at radius 3 is 2.38 bits per heavy atom. The van der Waals surface area contributed by atoms with Gasteiger partial charge in [0.25, 0.3) is 6.43 Å². The molecular formula is C10H10ClF2. The van der Waals surface area contributed by atoms with Crippen molar-refractivity contribution >= 4 is 11.6 Å². The third kappa shape index (κ3) is 2.19. The van der Waals surface area contributed by atoms with E-state index in [4.69, 9.17) is 11.6 Å². The number of hydrogen-bond acceptors (Lipinski definition) is 0. The lowest BCUT2D eigenvalue weighted by Crippen LogP contribution is -1.94. The van der Waals surface area contributed by atoms with Crippen LogP contribution in [-0.2, 0) is 0 Å². The molecule has 0 saturated heterocycles. The number of rotatable bonds is 2. The van der Waals surface area contributed by atoms with Gasteiger partial charge in [0.15, 0.2) is 0 Å². The van der Waals surface area contributed by atoms with Crippen molar-refractivity contribution in [2.75, 3.05) is 0 Å². The maximum absolute atomic E-state index is 12.4. The highest BCUT2D eigenvalue weighted by Gasteiger charge is 2.15. The summed E-state index contributed by atoms with van der Waals surface area (Å²) in [5, 5.41) is 0.164. The van der Waals surface area contributed by atoms with Crippen molar-refractivity contribution in [1.29, 1.82) is 0 Å². The van der Waals surface area contributed by atoms with Gasteiger partial charge in [0.2, 0.25) is 0 Å². The minimum Gasteiger partial charge on any atom is -0.205 e. The molecule has 0 atom stereocenters. The lowest BCUT2D eigenvalue weighted by atomic mass is 10.0. The molecule has 0 aliphatic heterocycles. The first-order chi connectivity index (χ1) is 6.04. The molecule has 1 aromatic carbocycles. The molecule has 1 aromatic rings. The van der Waals surface area contributed by atoms with Crippen molar-refractivity contribution in [3.63, 3.8) is 0 Å². The summed E-state index contributed by atoms with van der Waals surface area (Å²) in [7, 11) is 0. The molecule has 0 N–H and O–H groups in total. The van der Waals surface area contributed by atoms with E-state index >= 15 is 0 Å². The molecule has 3 heteroatoms. The Balaban J connectivity index is 3.18. The quantitative estimate of drug-likeness (QED) is 0.675. The molecule has 1 radical (unpaired) electrons. The van der Waals surface area contributed by atoms with Gasteiger partial charge in [-0.15, -0.1) is 0 Å². The Morgan fingerprint density at radius 1 is 1.31 bits per heavy atom. The second kappa shape index (κ2) is 4.05. The molecule has 13 heavy (non-hydrogen) atoms. The maximum atomic E-state index is 12.4. The zero-order valence-corrected chi connectivity index (χ0v) is 8.20. The largest absolute Gasteiger partial charge is 0.265 e. The number of alkyl halides is 2. The average molecular weight is 204 g/mol. The molecule has 0 heterocycles. The normalized spacial score (nSPS) is 11.3. The van der Waals surface area contributed by atoms with Crippen LogP contribution in [0.2, 0.25) is 5.02 Å². The van der Waals surface area contributed by atoms with E-state index in [0.717, 1.165) is 5.92 Å². The van der Waals surface area contributed by atoms with Crippen molar-refractivity contribution in [1.82, 2.24) is 0 Å². The van der Waals surface area contributed by atoms with Crippen LogP contribution in [-0.4, -0.2) is 0 Å². The van der Waals surface area contributed by atoms with Crippen LogP contribution in [0.25, 0.3) is 0 Å². The third-order valence-corrected chi connectivity index (χ3v) is 2.22. The van der Waals surface area contributed by atoms with E-state index < -0.39 is 6.43 Å². The molecule has 0 fully saturated rings. The monoisotopic (exact) mass is 203 g/mol. The minimum absolute atomic E-state index is 0.0969. The second-order valence-electron chi connectivity index (χ2n) is 3.01. The van der Waals surface area contributed by atoms with Crippen molar-refractivity contribution < 1.29 is 8.78 Å². The van der Waals surface area contributed by atoms with E-state index in [1.807, 2.05) is 13.8 Å². The first-order valence-corrected chi connectivity index (χ1v) is 4.29. The van der Waals surface area contributed by atoms with Crippen LogP contribution in [0.15, 0.2) is 18.2 Å². The van der Waals surface area contributed by atoms with E-state index in [1.54, 1.807) is 12.1 Å². The van der Waals surface area contributed by atoms with E-state index in [0.29, 0.717) is 5.56 Å². The number of halogens is 3. The van der Waals surface area contributed by atoms with Crippen LogP contribution in [0, 0.1) is 5.92 Å². The highest BCUT2D eigenvalue weighted by molar-refractivity contribution is 6.32. The fourth-order valence-corrected chi connectivity index (χ4v) is 1.50. The first kappa shape index (κ1) is 10.5. The van der Waals surface area contributed by atoms with Crippen LogP contribution in [0.3, 0.4) is 0 Å². The van der Waals surface area contributed by atoms with Gasteiger partial charge in [-0.1, -0.05) is 43.6 Å². The summed E-state index contributed by atoms with van der Waals surface area (Å²) in [5.41, 5.74) is 0.597. The second-order valence-corrected chi connectivity index (χ2v) is 3.39. The van der Waals surface area contributed by atoms with Crippen molar-refractivity contribution in [2.24, 2.45) is 0 Å². The molecule has 0 aliphatic carbocycles. The predicted octanol–water partition coefficient (Wildman–Crippen LogP) is 4.24. The molecule has 0 unspecified atom stereocenters. The molecule has 0 saturated carbocycles. The summed E-state index contributed by atoms with van der Waals surface area (Å²) in [6.07, 6.45) is -2.51. The smallest absolute Gasteiger partial charge is 0.205 e. The maximum Gasteiger partial charge on any atom is 0.265 e.